The summed E-state index contributed by atoms with van der Waals surface area (Å²) in [5.74, 6) is 2.08. The molecule has 3 heterocycles. The zero-order chi connectivity index (χ0) is 19.6. The lowest BCUT2D eigenvalue weighted by Gasteiger charge is -2.10. The van der Waals surface area contributed by atoms with Gasteiger partial charge in [0.2, 0.25) is 12.7 Å². The van der Waals surface area contributed by atoms with E-state index in [-0.39, 0.29) is 19.2 Å². The predicted octanol–water partition coefficient (Wildman–Crippen LogP) is 3.14. The van der Waals surface area contributed by atoms with E-state index in [4.69, 9.17) is 14.5 Å². The molecule has 2 aromatic carbocycles. The third-order valence-electron chi connectivity index (χ3n) is 4.82. The van der Waals surface area contributed by atoms with Gasteiger partial charge in [0.15, 0.2) is 11.5 Å². The molecule has 7 nitrogen and oxygen atoms in total. The highest BCUT2D eigenvalue weighted by Crippen LogP contribution is 2.32. The summed E-state index contributed by atoms with van der Waals surface area (Å²) in [6.45, 7) is 0.812. The maximum atomic E-state index is 12.7. The summed E-state index contributed by atoms with van der Waals surface area (Å²) in [7, 11) is 0. The Morgan fingerprint density at radius 1 is 1.03 bits per heavy atom. The van der Waals surface area contributed by atoms with Crippen LogP contribution in [0.4, 0.5) is 0 Å². The van der Waals surface area contributed by atoms with Gasteiger partial charge in [-0.1, -0.05) is 18.2 Å². The molecule has 144 valence electrons. The van der Waals surface area contributed by atoms with E-state index in [2.05, 4.69) is 10.3 Å². The van der Waals surface area contributed by atoms with Gasteiger partial charge in [0.05, 0.1) is 11.0 Å². The second kappa shape index (κ2) is 7.27. The minimum absolute atomic E-state index is 0.0962. The van der Waals surface area contributed by atoms with Crippen molar-refractivity contribution < 1.29 is 14.3 Å². The number of aromatic nitrogens is 3. The first-order chi connectivity index (χ1) is 14.3. The molecule has 0 fully saturated rings. The number of benzene rings is 2. The molecule has 5 rings (SSSR count). The van der Waals surface area contributed by atoms with E-state index in [1.165, 1.54) is 0 Å². The molecule has 0 saturated heterocycles. The van der Waals surface area contributed by atoms with Crippen LogP contribution in [0.25, 0.3) is 22.4 Å². The van der Waals surface area contributed by atoms with Gasteiger partial charge in [-0.3, -0.25) is 9.78 Å². The summed E-state index contributed by atoms with van der Waals surface area (Å²) in [4.78, 5) is 21.5. The van der Waals surface area contributed by atoms with Crippen LogP contribution in [-0.2, 0) is 17.9 Å². The lowest BCUT2D eigenvalue weighted by molar-refractivity contribution is -0.121. The van der Waals surface area contributed by atoms with Crippen molar-refractivity contribution >= 4 is 16.9 Å². The van der Waals surface area contributed by atoms with Crippen LogP contribution >= 0.6 is 0 Å². The molecule has 0 unspecified atom stereocenters. The fourth-order valence-electron chi connectivity index (χ4n) is 3.41. The highest BCUT2D eigenvalue weighted by Gasteiger charge is 2.16. The first kappa shape index (κ1) is 17.2. The number of carbonyl (C=O) groups is 1. The lowest BCUT2D eigenvalue weighted by Crippen LogP contribution is -2.27. The number of rotatable bonds is 5. The number of pyridine rings is 1. The van der Waals surface area contributed by atoms with Crippen molar-refractivity contribution in [1.82, 2.24) is 19.9 Å². The normalized spacial score (nSPS) is 12.3. The van der Waals surface area contributed by atoms with Gasteiger partial charge in [-0.25, -0.2) is 4.98 Å². The SMILES string of the molecule is O=C(Cn1c(-c2ccncc2)nc2ccccc21)NCc1ccc2c(c1)OCO2. The fraction of sp³-hybridized carbons (Fsp3) is 0.136. The van der Waals surface area contributed by atoms with Crippen molar-refractivity contribution in [2.24, 2.45) is 0 Å². The third kappa shape index (κ3) is 3.38. The minimum Gasteiger partial charge on any atom is -0.454 e. The van der Waals surface area contributed by atoms with Crippen LogP contribution in [0, 0.1) is 0 Å². The van der Waals surface area contributed by atoms with Crippen LogP contribution in [0.3, 0.4) is 0 Å². The number of imidazole rings is 1. The van der Waals surface area contributed by atoms with Crippen molar-refractivity contribution in [2.45, 2.75) is 13.1 Å². The average Bonchev–Trinajstić information content (AvgIpc) is 3.37. The predicted molar refractivity (Wildman–Crippen MR) is 107 cm³/mol. The fourth-order valence-corrected chi connectivity index (χ4v) is 3.41. The molecule has 0 aliphatic carbocycles. The van der Waals surface area contributed by atoms with Crippen LogP contribution in [0.1, 0.15) is 5.56 Å². The largest absolute Gasteiger partial charge is 0.454 e. The molecule has 1 amide bonds. The summed E-state index contributed by atoms with van der Waals surface area (Å²) < 4.78 is 12.6. The number of fused-ring (bicyclic) bond motifs is 2. The number of ether oxygens (including phenoxy) is 2. The van der Waals surface area contributed by atoms with Crippen LogP contribution in [0.15, 0.2) is 67.0 Å². The number of nitrogens with one attached hydrogen (secondary N) is 1. The maximum Gasteiger partial charge on any atom is 0.240 e. The van der Waals surface area contributed by atoms with Crippen molar-refractivity contribution in [2.75, 3.05) is 6.79 Å². The Bertz CT molecular complexity index is 1190. The molecular weight excluding hydrogens is 368 g/mol. The van der Waals surface area contributed by atoms with Crippen molar-refractivity contribution in [3.63, 3.8) is 0 Å². The molecule has 0 atom stereocenters. The summed E-state index contributed by atoms with van der Waals surface area (Å²) >= 11 is 0. The second-order valence-electron chi connectivity index (χ2n) is 6.71. The number of amides is 1. The van der Waals surface area contributed by atoms with Crippen molar-refractivity contribution in [1.29, 1.82) is 0 Å². The molecule has 0 bridgehead atoms. The standard InChI is InChI=1S/C22H18N4O3/c27-21(24-12-15-5-6-19-20(11-15)29-14-28-19)13-26-18-4-2-1-3-17(18)25-22(26)16-7-9-23-10-8-16/h1-11H,12-14H2,(H,24,27). The molecule has 7 heteroatoms. The van der Waals surface area contributed by atoms with Crippen molar-refractivity contribution in [3.05, 3.63) is 72.6 Å². The molecule has 1 aliphatic heterocycles. The summed E-state index contributed by atoms with van der Waals surface area (Å²) in [5, 5.41) is 2.98. The summed E-state index contributed by atoms with van der Waals surface area (Å²) in [6.07, 6.45) is 3.44. The molecule has 0 radical (unpaired) electrons. The van der Waals surface area contributed by atoms with Gasteiger partial charge in [-0.15, -0.1) is 0 Å². The van der Waals surface area contributed by atoms with Gasteiger partial charge in [0, 0.05) is 24.5 Å². The van der Waals surface area contributed by atoms with Crippen LogP contribution in [0.2, 0.25) is 0 Å². The van der Waals surface area contributed by atoms with E-state index in [1.807, 2.05) is 59.2 Å². The number of hydrogen-bond donors (Lipinski definition) is 1. The topological polar surface area (TPSA) is 78.3 Å². The smallest absolute Gasteiger partial charge is 0.240 e. The highest BCUT2D eigenvalue weighted by molar-refractivity contribution is 5.84. The van der Waals surface area contributed by atoms with Gasteiger partial charge in [-0.05, 0) is 42.0 Å². The van der Waals surface area contributed by atoms with E-state index in [1.54, 1.807) is 12.4 Å². The molecule has 0 spiro atoms. The number of hydrogen-bond acceptors (Lipinski definition) is 5. The van der Waals surface area contributed by atoms with E-state index in [9.17, 15) is 4.79 Å². The van der Waals surface area contributed by atoms with Gasteiger partial charge in [0.1, 0.15) is 12.4 Å². The lowest BCUT2D eigenvalue weighted by atomic mass is 10.2. The minimum atomic E-state index is -0.0962. The molecule has 29 heavy (non-hydrogen) atoms. The van der Waals surface area contributed by atoms with E-state index in [0.717, 1.165) is 33.7 Å². The Kier molecular flexibility index (Phi) is 4.32. The van der Waals surface area contributed by atoms with Crippen LogP contribution in [0.5, 0.6) is 11.5 Å². The van der Waals surface area contributed by atoms with E-state index >= 15 is 0 Å². The van der Waals surface area contributed by atoms with Gasteiger partial charge >= 0.3 is 0 Å². The molecule has 4 aromatic rings. The first-order valence-corrected chi connectivity index (χ1v) is 9.29. The van der Waals surface area contributed by atoms with Crippen molar-refractivity contribution in [3.8, 4) is 22.9 Å². The zero-order valence-corrected chi connectivity index (χ0v) is 15.5. The van der Waals surface area contributed by atoms with E-state index < -0.39 is 0 Å². The first-order valence-electron chi connectivity index (χ1n) is 9.29. The summed E-state index contributed by atoms with van der Waals surface area (Å²) in [5.41, 5.74) is 3.63. The number of nitrogens with zero attached hydrogens (tertiary/aromatic N) is 3. The Labute approximate surface area is 166 Å². The molecular formula is C22H18N4O3. The second-order valence-corrected chi connectivity index (χ2v) is 6.71. The zero-order valence-electron chi connectivity index (χ0n) is 15.5. The molecule has 0 saturated carbocycles. The van der Waals surface area contributed by atoms with Crippen LogP contribution < -0.4 is 14.8 Å². The summed E-state index contributed by atoms with van der Waals surface area (Å²) in [6, 6.07) is 17.2. The molecule has 1 N–H and O–H groups in total. The Morgan fingerprint density at radius 2 is 1.86 bits per heavy atom. The van der Waals surface area contributed by atoms with Gasteiger partial charge < -0.3 is 19.4 Å². The number of carbonyl (C=O) groups excluding carboxylic acids is 1. The van der Waals surface area contributed by atoms with Gasteiger partial charge in [-0.2, -0.15) is 0 Å². The Balaban J connectivity index is 1.37. The third-order valence-corrected chi connectivity index (χ3v) is 4.82. The maximum absolute atomic E-state index is 12.7. The Hall–Kier alpha value is -3.87. The van der Waals surface area contributed by atoms with E-state index in [0.29, 0.717) is 12.3 Å². The Morgan fingerprint density at radius 3 is 2.76 bits per heavy atom. The highest BCUT2D eigenvalue weighted by atomic mass is 16.7. The number of para-hydroxylation sites is 2. The van der Waals surface area contributed by atoms with Crippen LogP contribution in [-0.4, -0.2) is 27.2 Å². The molecule has 2 aromatic heterocycles. The average molecular weight is 386 g/mol. The van der Waals surface area contributed by atoms with Gasteiger partial charge in [0.25, 0.3) is 0 Å². The molecule has 1 aliphatic rings. The monoisotopic (exact) mass is 386 g/mol. The quantitative estimate of drug-likeness (QED) is 0.570.